The number of hydrogen-bond donors (Lipinski definition) is 0. The molecule has 1 heterocycles. The Bertz CT molecular complexity index is 1140. The van der Waals surface area contributed by atoms with Crippen molar-refractivity contribution in [3.8, 4) is 23.0 Å². The fourth-order valence-corrected chi connectivity index (χ4v) is 3.95. The fourth-order valence-electron chi connectivity index (χ4n) is 3.95. The first-order valence-corrected chi connectivity index (χ1v) is 10.1. The van der Waals surface area contributed by atoms with E-state index in [0.29, 0.717) is 28.8 Å². The molecule has 0 radical (unpaired) electrons. The lowest BCUT2D eigenvalue weighted by Gasteiger charge is -2.39. The van der Waals surface area contributed by atoms with E-state index < -0.39 is 5.79 Å². The zero-order valence-electron chi connectivity index (χ0n) is 18.8. The molecule has 4 rings (SSSR count). The van der Waals surface area contributed by atoms with Gasteiger partial charge in [-0.25, -0.2) is 0 Å². The van der Waals surface area contributed by atoms with Crippen molar-refractivity contribution in [1.82, 2.24) is 0 Å². The summed E-state index contributed by atoms with van der Waals surface area (Å²) in [6.45, 7) is 0. The van der Waals surface area contributed by atoms with Gasteiger partial charge in [-0.05, 0) is 42.0 Å². The second kappa shape index (κ2) is 8.85. The molecule has 0 aliphatic carbocycles. The van der Waals surface area contributed by atoms with Crippen LogP contribution in [0.3, 0.4) is 0 Å². The van der Waals surface area contributed by atoms with Gasteiger partial charge in [-0.2, -0.15) is 0 Å². The summed E-state index contributed by atoms with van der Waals surface area (Å²) in [4.78, 5) is 0. The topological polar surface area (TPSA) is 55.4 Å². The number of ether oxygens (including phenoxy) is 6. The quantitative estimate of drug-likeness (QED) is 0.516. The normalized spacial score (nSPS) is 17.0. The van der Waals surface area contributed by atoms with Crippen molar-refractivity contribution in [2.24, 2.45) is 0 Å². The van der Waals surface area contributed by atoms with Gasteiger partial charge in [0.05, 0.1) is 28.4 Å². The zero-order chi connectivity index (χ0) is 22.7. The predicted molar refractivity (Wildman–Crippen MR) is 122 cm³/mol. The SMILES string of the molecule is COc1ccc(C2=Cc3cc(OC)c(OC)cc3C(OC)(c3ccccc3)O2)cc1OC. The van der Waals surface area contributed by atoms with Gasteiger partial charge in [-0.1, -0.05) is 30.3 Å². The van der Waals surface area contributed by atoms with Crippen molar-refractivity contribution in [2.45, 2.75) is 5.79 Å². The second-order valence-electron chi connectivity index (χ2n) is 7.16. The summed E-state index contributed by atoms with van der Waals surface area (Å²) >= 11 is 0. The molecular weight excluding hydrogens is 408 g/mol. The summed E-state index contributed by atoms with van der Waals surface area (Å²) < 4.78 is 34.7. The molecular formula is C26H26O6. The minimum atomic E-state index is -1.19. The standard InChI is InChI=1S/C26H26O6/c1-27-21-12-11-17(13-23(21)28-2)22-14-18-15-24(29-3)25(30-4)16-20(18)26(31-5,32-22)19-9-7-6-8-10-19/h6-16H,1-5H3. The molecule has 0 saturated heterocycles. The summed E-state index contributed by atoms with van der Waals surface area (Å²) in [5.41, 5.74) is 3.37. The monoisotopic (exact) mass is 434 g/mol. The fraction of sp³-hybridized carbons (Fsp3) is 0.231. The molecule has 0 amide bonds. The molecule has 166 valence electrons. The first-order valence-electron chi connectivity index (χ1n) is 10.1. The molecule has 1 aliphatic rings. The van der Waals surface area contributed by atoms with Crippen LogP contribution in [0.25, 0.3) is 11.8 Å². The van der Waals surface area contributed by atoms with Crippen LogP contribution in [0.5, 0.6) is 23.0 Å². The van der Waals surface area contributed by atoms with Gasteiger partial charge in [-0.3, -0.25) is 0 Å². The Morgan fingerprint density at radius 3 is 1.91 bits per heavy atom. The third-order valence-corrected chi connectivity index (χ3v) is 5.56. The maximum absolute atomic E-state index is 6.61. The minimum Gasteiger partial charge on any atom is -0.493 e. The van der Waals surface area contributed by atoms with Crippen LogP contribution in [-0.4, -0.2) is 35.5 Å². The average molecular weight is 434 g/mol. The van der Waals surface area contributed by atoms with Crippen molar-refractivity contribution in [2.75, 3.05) is 35.5 Å². The van der Waals surface area contributed by atoms with Gasteiger partial charge in [0.25, 0.3) is 5.79 Å². The van der Waals surface area contributed by atoms with Crippen LogP contribution in [0.1, 0.15) is 22.3 Å². The Morgan fingerprint density at radius 2 is 1.28 bits per heavy atom. The molecule has 0 bridgehead atoms. The van der Waals surface area contributed by atoms with Crippen LogP contribution in [0.4, 0.5) is 0 Å². The van der Waals surface area contributed by atoms with Crippen LogP contribution >= 0.6 is 0 Å². The highest BCUT2D eigenvalue weighted by molar-refractivity contribution is 5.83. The van der Waals surface area contributed by atoms with Crippen LogP contribution < -0.4 is 18.9 Å². The van der Waals surface area contributed by atoms with E-state index in [0.717, 1.165) is 22.3 Å². The number of fused-ring (bicyclic) bond motifs is 1. The van der Waals surface area contributed by atoms with Gasteiger partial charge in [0, 0.05) is 23.8 Å². The molecule has 1 unspecified atom stereocenters. The zero-order valence-corrected chi connectivity index (χ0v) is 18.8. The third kappa shape index (κ3) is 3.52. The van der Waals surface area contributed by atoms with E-state index >= 15 is 0 Å². The molecule has 32 heavy (non-hydrogen) atoms. The van der Waals surface area contributed by atoms with E-state index in [2.05, 4.69) is 0 Å². The smallest absolute Gasteiger partial charge is 0.264 e. The highest BCUT2D eigenvalue weighted by Crippen LogP contribution is 2.48. The van der Waals surface area contributed by atoms with Crippen molar-refractivity contribution in [3.05, 3.63) is 82.9 Å². The molecule has 1 atom stereocenters. The van der Waals surface area contributed by atoms with Crippen molar-refractivity contribution in [1.29, 1.82) is 0 Å². The highest BCUT2D eigenvalue weighted by atomic mass is 16.7. The number of hydrogen-bond acceptors (Lipinski definition) is 6. The summed E-state index contributed by atoms with van der Waals surface area (Å²) in [6.07, 6.45) is 1.96. The van der Waals surface area contributed by atoms with E-state index in [1.807, 2.05) is 66.7 Å². The lowest BCUT2D eigenvalue weighted by atomic mass is 9.89. The Labute approximate surface area is 187 Å². The predicted octanol–water partition coefficient (Wildman–Crippen LogP) is 5.10. The van der Waals surface area contributed by atoms with Crippen LogP contribution in [0.2, 0.25) is 0 Å². The first kappa shape index (κ1) is 21.6. The average Bonchev–Trinajstić information content (AvgIpc) is 2.87. The van der Waals surface area contributed by atoms with E-state index in [4.69, 9.17) is 28.4 Å². The van der Waals surface area contributed by atoms with Gasteiger partial charge in [0.2, 0.25) is 0 Å². The maximum Gasteiger partial charge on any atom is 0.264 e. The number of benzene rings is 3. The van der Waals surface area contributed by atoms with E-state index in [1.54, 1.807) is 35.5 Å². The van der Waals surface area contributed by atoms with Crippen LogP contribution in [0, 0.1) is 0 Å². The van der Waals surface area contributed by atoms with E-state index in [-0.39, 0.29) is 0 Å². The van der Waals surface area contributed by atoms with E-state index in [1.165, 1.54) is 0 Å². The summed E-state index contributed by atoms with van der Waals surface area (Å²) in [5.74, 6) is 1.89. The largest absolute Gasteiger partial charge is 0.493 e. The van der Waals surface area contributed by atoms with Crippen molar-refractivity contribution < 1.29 is 28.4 Å². The molecule has 3 aromatic carbocycles. The molecule has 0 aromatic heterocycles. The molecule has 3 aromatic rings. The Hall–Kier alpha value is -3.64. The molecule has 0 saturated carbocycles. The Morgan fingerprint density at radius 1 is 0.656 bits per heavy atom. The van der Waals surface area contributed by atoms with Gasteiger partial charge >= 0.3 is 0 Å². The summed E-state index contributed by atoms with van der Waals surface area (Å²) in [6, 6.07) is 19.3. The molecule has 6 nitrogen and oxygen atoms in total. The van der Waals surface area contributed by atoms with Crippen LogP contribution in [-0.2, 0) is 15.3 Å². The molecule has 0 spiro atoms. The molecule has 0 N–H and O–H groups in total. The first-order chi connectivity index (χ1) is 15.6. The lowest BCUT2D eigenvalue weighted by molar-refractivity contribution is -0.158. The minimum absolute atomic E-state index is 0.593. The lowest BCUT2D eigenvalue weighted by Crippen LogP contribution is -2.35. The summed E-state index contributed by atoms with van der Waals surface area (Å²) in [7, 11) is 8.06. The van der Waals surface area contributed by atoms with E-state index in [9.17, 15) is 0 Å². The van der Waals surface area contributed by atoms with Gasteiger partial charge in [0.15, 0.2) is 23.0 Å². The number of rotatable bonds is 7. The maximum atomic E-state index is 6.61. The molecule has 6 heteroatoms. The third-order valence-electron chi connectivity index (χ3n) is 5.56. The Balaban J connectivity index is 1.97. The van der Waals surface area contributed by atoms with Crippen LogP contribution in [0.15, 0.2) is 60.7 Å². The molecule has 0 fully saturated rings. The second-order valence-corrected chi connectivity index (χ2v) is 7.16. The van der Waals surface area contributed by atoms with Crippen molar-refractivity contribution in [3.63, 3.8) is 0 Å². The summed E-state index contributed by atoms with van der Waals surface area (Å²) in [5, 5.41) is 0. The van der Waals surface area contributed by atoms with Gasteiger partial charge < -0.3 is 28.4 Å². The molecule has 1 aliphatic heterocycles. The van der Waals surface area contributed by atoms with Gasteiger partial charge in [-0.15, -0.1) is 0 Å². The Kier molecular flexibility index (Phi) is 5.97. The highest BCUT2D eigenvalue weighted by Gasteiger charge is 2.43. The van der Waals surface area contributed by atoms with Crippen molar-refractivity contribution >= 4 is 11.8 Å². The van der Waals surface area contributed by atoms with Gasteiger partial charge in [0.1, 0.15) is 5.76 Å². The number of methoxy groups -OCH3 is 5.